The molecule has 2 N–H and O–H groups in total. The van der Waals surface area contributed by atoms with E-state index in [0.717, 1.165) is 31.1 Å². The van der Waals surface area contributed by atoms with Gasteiger partial charge in [0.2, 0.25) is 0 Å². The van der Waals surface area contributed by atoms with Gasteiger partial charge in [-0.2, -0.15) is 0 Å². The van der Waals surface area contributed by atoms with Crippen molar-refractivity contribution >= 4 is 17.4 Å². The Morgan fingerprint density at radius 1 is 1.67 bits per heavy atom. The highest BCUT2D eigenvalue weighted by molar-refractivity contribution is 7.11. The fourth-order valence-corrected chi connectivity index (χ4v) is 3.48. The molecule has 0 saturated carbocycles. The first kappa shape index (κ1) is 15.8. The summed E-state index contributed by atoms with van der Waals surface area (Å²) in [6, 6.07) is 0.0403. The van der Waals surface area contributed by atoms with Crippen LogP contribution in [0.15, 0.2) is 6.20 Å². The van der Waals surface area contributed by atoms with Crippen LogP contribution in [0.2, 0.25) is 0 Å². The molecule has 2 amide bonds. The summed E-state index contributed by atoms with van der Waals surface area (Å²) in [5.41, 5.74) is 0. The van der Waals surface area contributed by atoms with E-state index in [2.05, 4.69) is 33.4 Å². The molecule has 21 heavy (non-hydrogen) atoms. The smallest absolute Gasteiger partial charge is 0.315 e. The summed E-state index contributed by atoms with van der Waals surface area (Å²) in [4.78, 5) is 19.7. The highest BCUT2D eigenvalue weighted by atomic mass is 32.1. The molecule has 1 aromatic rings. The first-order valence-electron chi connectivity index (χ1n) is 7.20. The van der Waals surface area contributed by atoms with Crippen molar-refractivity contribution in [2.45, 2.75) is 32.9 Å². The van der Waals surface area contributed by atoms with Gasteiger partial charge in [0.15, 0.2) is 0 Å². The number of rotatable bonds is 4. The van der Waals surface area contributed by atoms with Gasteiger partial charge in [-0.3, -0.25) is 4.90 Å². The molecule has 0 bridgehead atoms. The molecule has 6 heteroatoms. The topological polar surface area (TPSA) is 57.3 Å². The third kappa shape index (κ3) is 4.73. The average Bonchev–Trinajstić information content (AvgIpc) is 2.85. The minimum atomic E-state index is -0.170. The van der Waals surface area contributed by atoms with Crippen LogP contribution in [0.3, 0.4) is 0 Å². The van der Waals surface area contributed by atoms with Gasteiger partial charge in [0, 0.05) is 36.8 Å². The predicted molar refractivity (Wildman–Crippen MR) is 85.1 cm³/mol. The van der Waals surface area contributed by atoms with Gasteiger partial charge in [-0.25, -0.2) is 9.78 Å². The summed E-state index contributed by atoms with van der Waals surface area (Å²) in [6.45, 7) is 7.39. The van der Waals surface area contributed by atoms with E-state index >= 15 is 0 Å². The summed E-state index contributed by atoms with van der Waals surface area (Å²) in [6.07, 6.45) is 8.05. The molecule has 1 aromatic heterocycles. The number of hydrogen-bond donors (Lipinski definition) is 2. The second-order valence-electron chi connectivity index (χ2n) is 5.48. The minimum Gasteiger partial charge on any atom is -0.335 e. The molecule has 0 spiro atoms. The van der Waals surface area contributed by atoms with E-state index in [1.54, 1.807) is 11.3 Å². The third-order valence-electron chi connectivity index (χ3n) is 3.71. The number of urea groups is 1. The maximum atomic E-state index is 11.7. The Morgan fingerprint density at radius 2 is 2.48 bits per heavy atom. The second-order valence-corrected chi connectivity index (χ2v) is 6.80. The summed E-state index contributed by atoms with van der Waals surface area (Å²) in [5.74, 6) is 2.82. The van der Waals surface area contributed by atoms with E-state index < -0.39 is 0 Å². The van der Waals surface area contributed by atoms with Crippen LogP contribution < -0.4 is 10.6 Å². The van der Waals surface area contributed by atoms with Gasteiger partial charge in [-0.05, 0) is 19.3 Å². The molecule has 2 heterocycles. The summed E-state index contributed by atoms with van der Waals surface area (Å²) in [7, 11) is 0. The molecule has 0 aliphatic carbocycles. The van der Waals surface area contributed by atoms with Crippen molar-refractivity contribution in [2.75, 3.05) is 19.6 Å². The van der Waals surface area contributed by atoms with Crippen LogP contribution >= 0.6 is 11.3 Å². The Bertz CT molecular complexity index is 522. The molecule has 1 saturated heterocycles. The molecule has 114 valence electrons. The van der Waals surface area contributed by atoms with Crippen LogP contribution in [0.5, 0.6) is 0 Å². The van der Waals surface area contributed by atoms with Crippen molar-refractivity contribution in [3.8, 4) is 12.3 Å². The number of likely N-dealkylation sites (tertiary alicyclic amines) is 1. The second kappa shape index (κ2) is 7.43. The van der Waals surface area contributed by atoms with Crippen molar-refractivity contribution in [2.24, 2.45) is 5.92 Å². The van der Waals surface area contributed by atoms with Gasteiger partial charge in [0.1, 0.15) is 0 Å². The van der Waals surface area contributed by atoms with E-state index in [4.69, 9.17) is 6.42 Å². The van der Waals surface area contributed by atoms with Gasteiger partial charge in [0.05, 0.1) is 11.6 Å². The number of aryl methyl sites for hydroxylation is 1. The summed E-state index contributed by atoms with van der Waals surface area (Å²) in [5, 5.41) is 6.77. The fraction of sp³-hybridized carbons (Fsp3) is 0.600. The lowest BCUT2D eigenvalue weighted by Crippen LogP contribution is -2.52. The standard InChI is InChI=1S/C15H22N4OS/c1-4-6-16-15(20)18-14-5-7-19(9-11(14)2)10-13-8-17-12(3)21-13/h1,8,11,14H,5-7,9-10H2,2-3H3,(H2,16,18,20)/t11-,14+/m0/s1. The largest absolute Gasteiger partial charge is 0.335 e. The number of amides is 2. The number of carbonyl (C=O) groups excluding carboxylic acids is 1. The maximum absolute atomic E-state index is 11.7. The quantitative estimate of drug-likeness (QED) is 0.831. The zero-order chi connectivity index (χ0) is 15.2. The molecular formula is C15H22N4OS. The first-order valence-corrected chi connectivity index (χ1v) is 8.01. The van der Waals surface area contributed by atoms with Crippen molar-refractivity contribution in [1.82, 2.24) is 20.5 Å². The lowest BCUT2D eigenvalue weighted by atomic mass is 9.94. The first-order chi connectivity index (χ1) is 10.1. The Morgan fingerprint density at radius 3 is 3.10 bits per heavy atom. The Labute approximate surface area is 130 Å². The van der Waals surface area contributed by atoms with Gasteiger partial charge in [-0.1, -0.05) is 12.8 Å². The highest BCUT2D eigenvalue weighted by Gasteiger charge is 2.27. The highest BCUT2D eigenvalue weighted by Crippen LogP contribution is 2.21. The Hall–Kier alpha value is -1.58. The number of nitrogens with zero attached hydrogens (tertiary/aromatic N) is 2. The maximum Gasteiger partial charge on any atom is 0.315 e. The lowest BCUT2D eigenvalue weighted by molar-refractivity contribution is 0.143. The van der Waals surface area contributed by atoms with Crippen molar-refractivity contribution in [3.63, 3.8) is 0 Å². The fourth-order valence-electron chi connectivity index (χ4n) is 2.64. The number of terminal acetylenes is 1. The normalized spacial score (nSPS) is 22.5. The van der Waals surface area contributed by atoms with Gasteiger partial charge >= 0.3 is 6.03 Å². The molecule has 5 nitrogen and oxygen atoms in total. The lowest BCUT2D eigenvalue weighted by Gasteiger charge is -2.37. The van der Waals surface area contributed by atoms with Crippen LogP contribution in [0, 0.1) is 25.2 Å². The van der Waals surface area contributed by atoms with Crippen molar-refractivity contribution in [3.05, 3.63) is 16.1 Å². The van der Waals surface area contributed by atoms with Crippen LogP contribution in [-0.4, -0.2) is 41.6 Å². The molecule has 0 unspecified atom stereocenters. The molecule has 0 radical (unpaired) electrons. The van der Waals surface area contributed by atoms with E-state index in [-0.39, 0.29) is 18.6 Å². The Kier molecular flexibility index (Phi) is 5.59. The third-order valence-corrected chi connectivity index (χ3v) is 4.60. The molecule has 2 atom stereocenters. The van der Waals surface area contributed by atoms with E-state index in [1.807, 2.05) is 13.1 Å². The monoisotopic (exact) mass is 306 g/mol. The number of hydrogen-bond acceptors (Lipinski definition) is 4. The molecule has 0 aromatic carbocycles. The molecular weight excluding hydrogens is 284 g/mol. The zero-order valence-corrected chi connectivity index (χ0v) is 13.4. The summed E-state index contributed by atoms with van der Waals surface area (Å²) < 4.78 is 0. The van der Waals surface area contributed by atoms with Gasteiger partial charge in [0.25, 0.3) is 0 Å². The summed E-state index contributed by atoms with van der Waals surface area (Å²) >= 11 is 1.75. The molecule has 1 fully saturated rings. The Balaban J connectivity index is 1.79. The van der Waals surface area contributed by atoms with E-state index in [9.17, 15) is 4.79 Å². The van der Waals surface area contributed by atoms with Crippen LogP contribution in [0.1, 0.15) is 23.2 Å². The number of nitrogens with one attached hydrogen (secondary N) is 2. The number of piperidine rings is 1. The van der Waals surface area contributed by atoms with Crippen molar-refractivity contribution < 1.29 is 4.79 Å². The van der Waals surface area contributed by atoms with E-state index in [1.165, 1.54) is 4.88 Å². The predicted octanol–water partition coefficient (Wildman–Crippen LogP) is 1.59. The van der Waals surface area contributed by atoms with E-state index in [0.29, 0.717) is 5.92 Å². The zero-order valence-electron chi connectivity index (χ0n) is 12.6. The van der Waals surface area contributed by atoms with Crippen molar-refractivity contribution in [1.29, 1.82) is 0 Å². The number of thiazole rings is 1. The molecule has 1 aliphatic heterocycles. The van der Waals surface area contributed by atoms with Crippen LogP contribution in [-0.2, 0) is 6.54 Å². The molecule has 2 rings (SSSR count). The SMILES string of the molecule is C#CCNC(=O)N[C@@H]1CCN(Cc2cnc(C)s2)C[C@@H]1C. The minimum absolute atomic E-state index is 0.170. The van der Waals surface area contributed by atoms with Crippen LogP contribution in [0.4, 0.5) is 4.79 Å². The van der Waals surface area contributed by atoms with Gasteiger partial charge in [-0.15, -0.1) is 17.8 Å². The van der Waals surface area contributed by atoms with Gasteiger partial charge < -0.3 is 10.6 Å². The van der Waals surface area contributed by atoms with Crippen LogP contribution in [0.25, 0.3) is 0 Å². The number of carbonyl (C=O) groups is 1. The number of aromatic nitrogens is 1. The average molecular weight is 306 g/mol. The molecule has 1 aliphatic rings.